The number of carbonyl (C=O) groups is 2. The second kappa shape index (κ2) is 8.68. The van der Waals surface area contributed by atoms with Gasteiger partial charge in [0.25, 0.3) is 0 Å². The average Bonchev–Trinajstić information content (AvgIpc) is 3.10. The zero-order valence-corrected chi connectivity index (χ0v) is 16.7. The lowest BCUT2D eigenvalue weighted by molar-refractivity contribution is -0.118. The van der Waals surface area contributed by atoms with Crippen LogP contribution in [0.2, 0.25) is 0 Å². The van der Waals surface area contributed by atoms with E-state index in [4.69, 9.17) is 10.3 Å². The molecule has 0 spiro atoms. The van der Waals surface area contributed by atoms with Crippen molar-refractivity contribution in [2.75, 3.05) is 34.2 Å². The Kier molecular flexibility index (Phi) is 6.77. The SMILES string of the molecule is CN(C)C.NC(=O)CCc1nccn1C1=CC2CN(C1)C(=O)N2OS(=O)(=O)O. The van der Waals surface area contributed by atoms with Gasteiger partial charge in [-0.15, -0.1) is 4.28 Å². The van der Waals surface area contributed by atoms with Crippen molar-refractivity contribution in [1.82, 2.24) is 24.4 Å². The summed E-state index contributed by atoms with van der Waals surface area (Å²) >= 11 is 0. The fourth-order valence-corrected chi connectivity index (χ4v) is 3.12. The van der Waals surface area contributed by atoms with Crippen LogP contribution >= 0.6 is 0 Å². The van der Waals surface area contributed by atoms with Gasteiger partial charge in [0.2, 0.25) is 5.91 Å². The number of fused-ring (bicyclic) bond motifs is 2. The molecule has 0 radical (unpaired) electrons. The van der Waals surface area contributed by atoms with E-state index >= 15 is 0 Å². The van der Waals surface area contributed by atoms with Crippen LogP contribution in [0.25, 0.3) is 5.70 Å². The lowest BCUT2D eigenvalue weighted by Crippen LogP contribution is -2.35. The first kappa shape index (κ1) is 21.8. The van der Waals surface area contributed by atoms with Crippen molar-refractivity contribution >= 4 is 28.0 Å². The van der Waals surface area contributed by atoms with Gasteiger partial charge < -0.3 is 20.1 Å². The molecule has 0 aromatic carbocycles. The van der Waals surface area contributed by atoms with E-state index in [0.717, 1.165) is 0 Å². The first-order valence-corrected chi connectivity index (χ1v) is 9.72. The van der Waals surface area contributed by atoms with E-state index in [0.29, 0.717) is 23.0 Å². The first-order chi connectivity index (χ1) is 13.0. The van der Waals surface area contributed by atoms with Gasteiger partial charge in [-0.05, 0) is 27.2 Å². The van der Waals surface area contributed by atoms with Crippen LogP contribution in [0, 0.1) is 0 Å². The maximum absolute atomic E-state index is 12.1. The minimum atomic E-state index is -4.80. The average molecular weight is 416 g/mol. The van der Waals surface area contributed by atoms with Gasteiger partial charge in [0.1, 0.15) is 11.9 Å². The number of nitrogens with two attached hydrogens (primary N) is 1. The Balaban J connectivity index is 0.000000640. The van der Waals surface area contributed by atoms with E-state index in [1.165, 1.54) is 4.90 Å². The molecule has 13 heteroatoms. The molecule has 1 saturated heterocycles. The maximum atomic E-state index is 12.1. The van der Waals surface area contributed by atoms with Crippen LogP contribution in [-0.4, -0.2) is 89.6 Å². The summed E-state index contributed by atoms with van der Waals surface area (Å²) in [4.78, 5) is 30.6. The molecule has 3 heterocycles. The summed E-state index contributed by atoms with van der Waals surface area (Å²) in [6, 6.07) is -1.34. The van der Waals surface area contributed by atoms with E-state index < -0.39 is 28.4 Å². The number of amides is 3. The topological polar surface area (TPSA) is 151 Å². The minimum absolute atomic E-state index is 0.133. The molecule has 1 atom stereocenters. The van der Waals surface area contributed by atoms with E-state index in [2.05, 4.69) is 9.27 Å². The summed E-state index contributed by atoms with van der Waals surface area (Å²) < 4.78 is 36.6. The highest BCUT2D eigenvalue weighted by Gasteiger charge is 2.43. The van der Waals surface area contributed by atoms with Crippen molar-refractivity contribution in [2.45, 2.75) is 18.9 Å². The first-order valence-electron chi connectivity index (χ1n) is 8.35. The summed E-state index contributed by atoms with van der Waals surface area (Å²) in [6.07, 6.45) is 5.35. The Hall–Kier alpha value is -2.48. The highest BCUT2D eigenvalue weighted by molar-refractivity contribution is 7.80. The van der Waals surface area contributed by atoms with Crippen molar-refractivity contribution in [3.8, 4) is 0 Å². The number of aryl methyl sites for hydroxylation is 1. The van der Waals surface area contributed by atoms with E-state index in [1.807, 2.05) is 26.0 Å². The van der Waals surface area contributed by atoms with E-state index in [1.54, 1.807) is 23.0 Å². The molecule has 3 N–H and O–H groups in total. The van der Waals surface area contributed by atoms with Gasteiger partial charge in [-0.1, -0.05) is 0 Å². The van der Waals surface area contributed by atoms with Crippen molar-refractivity contribution in [1.29, 1.82) is 0 Å². The predicted octanol–water partition coefficient (Wildman–Crippen LogP) is -0.826. The van der Waals surface area contributed by atoms with Gasteiger partial charge in [0.05, 0.1) is 6.54 Å². The largest absolute Gasteiger partial charge is 0.418 e. The van der Waals surface area contributed by atoms with Gasteiger partial charge >= 0.3 is 16.4 Å². The third-order valence-electron chi connectivity index (χ3n) is 3.70. The van der Waals surface area contributed by atoms with Crippen LogP contribution in [0.1, 0.15) is 12.2 Å². The Bertz CT molecular complexity index is 861. The Labute approximate surface area is 163 Å². The third kappa shape index (κ3) is 5.76. The molecule has 3 rings (SSSR count). The molecule has 12 nitrogen and oxygen atoms in total. The lowest BCUT2D eigenvalue weighted by atomic mass is 10.1. The molecule has 2 aliphatic rings. The third-order valence-corrected chi connectivity index (χ3v) is 4.05. The number of rotatable bonds is 6. The van der Waals surface area contributed by atoms with Crippen molar-refractivity contribution < 1.29 is 26.8 Å². The van der Waals surface area contributed by atoms with Crippen LogP contribution in [0.3, 0.4) is 0 Å². The summed E-state index contributed by atoms with van der Waals surface area (Å²) in [5.41, 5.74) is 5.82. The van der Waals surface area contributed by atoms with Crippen molar-refractivity contribution in [2.24, 2.45) is 5.73 Å². The smallest absolute Gasteiger partial charge is 0.370 e. The van der Waals surface area contributed by atoms with Gasteiger partial charge in [-0.3, -0.25) is 9.35 Å². The standard InChI is InChI=1S/C12H15N5O6S.C3H9N/c13-10(18)1-2-11-14-3-4-16(11)8-5-9-7-15(6-8)12(19)17(9)23-24(20,21)22;1-4(2)3/h3-5,9H,1-2,6-7H2,(H2,13,18)(H,20,21,22);1-3H3. The van der Waals surface area contributed by atoms with Crippen LogP contribution in [0.5, 0.6) is 0 Å². The Morgan fingerprint density at radius 1 is 1.43 bits per heavy atom. The zero-order chi connectivity index (χ0) is 21.1. The molecule has 1 aromatic rings. The molecule has 0 saturated carbocycles. The molecule has 1 unspecified atom stereocenters. The number of nitrogens with zero attached hydrogens (tertiary/aromatic N) is 5. The monoisotopic (exact) mass is 416 g/mol. The summed E-state index contributed by atoms with van der Waals surface area (Å²) in [6.45, 7) is 0.448. The number of primary amides is 1. The summed E-state index contributed by atoms with van der Waals surface area (Å²) in [5.74, 6) is 0.145. The minimum Gasteiger partial charge on any atom is -0.370 e. The maximum Gasteiger partial charge on any atom is 0.418 e. The Morgan fingerprint density at radius 2 is 2.07 bits per heavy atom. The van der Waals surface area contributed by atoms with Gasteiger partial charge in [-0.25, -0.2) is 9.78 Å². The normalized spacial score (nSPS) is 18.8. The molecule has 2 bridgehead atoms. The molecule has 2 aliphatic heterocycles. The van der Waals surface area contributed by atoms with Crippen LogP contribution in [0.4, 0.5) is 4.79 Å². The van der Waals surface area contributed by atoms with E-state index in [9.17, 15) is 18.0 Å². The molecule has 0 aliphatic carbocycles. The fourth-order valence-electron chi connectivity index (χ4n) is 2.74. The molecule has 3 amide bonds. The summed E-state index contributed by atoms with van der Waals surface area (Å²) in [5, 5.41) is 0.613. The second-order valence-corrected chi connectivity index (χ2v) is 7.74. The quantitative estimate of drug-likeness (QED) is 0.571. The lowest BCUT2D eigenvalue weighted by Gasteiger charge is -2.22. The molecule has 1 fully saturated rings. The molecule has 1 aromatic heterocycles. The highest BCUT2D eigenvalue weighted by atomic mass is 32.3. The predicted molar refractivity (Wildman–Crippen MR) is 98.9 cm³/mol. The van der Waals surface area contributed by atoms with Crippen molar-refractivity contribution in [3.63, 3.8) is 0 Å². The van der Waals surface area contributed by atoms with E-state index in [-0.39, 0.29) is 19.5 Å². The number of hydroxylamine groups is 2. The number of aromatic nitrogens is 2. The molecule has 156 valence electrons. The van der Waals surface area contributed by atoms with Gasteiger partial charge in [-0.2, -0.15) is 13.5 Å². The molecular formula is C15H24N6O6S. The number of carbonyl (C=O) groups excluding carboxylic acids is 2. The number of imidazole rings is 1. The van der Waals surface area contributed by atoms with Crippen LogP contribution in [-0.2, 0) is 25.9 Å². The van der Waals surface area contributed by atoms with Gasteiger partial charge in [0.15, 0.2) is 0 Å². The van der Waals surface area contributed by atoms with Gasteiger partial charge in [0, 0.05) is 37.5 Å². The fraction of sp³-hybridized carbons (Fsp3) is 0.533. The highest BCUT2D eigenvalue weighted by Crippen LogP contribution is 2.28. The molecular weight excluding hydrogens is 392 g/mol. The van der Waals surface area contributed by atoms with Crippen LogP contribution in [0.15, 0.2) is 18.5 Å². The van der Waals surface area contributed by atoms with Crippen molar-refractivity contribution in [3.05, 3.63) is 24.3 Å². The van der Waals surface area contributed by atoms with Crippen LogP contribution < -0.4 is 5.73 Å². The second-order valence-electron chi connectivity index (χ2n) is 6.74. The molecule has 28 heavy (non-hydrogen) atoms. The number of hydrogen-bond acceptors (Lipinski definition) is 7. The summed E-state index contributed by atoms with van der Waals surface area (Å²) in [7, 11) is 1.20. The zero-order valence-electron chi connectivity index (χ0n) is 15.8. The Morgan fingerprint density at radius 3 is 2.64 bits per heavy atom. The number of hydrogen-bond donors (Lipinski definition) is 2. The number of urea groups is 1.